The molecule has 0 aliphatic carbocycles. The van der Waals surface area contributed by atoms with Crippen molar-refractivity contribution >= 4 is 27.8 Å². The van der Waals surface area contributed by atoms with Crippen LogP contribution in [0.25, 0.3) is 10.9 Å². The number of fused-ring (bicyclic) bond motifs is 1. The van der Waals surface area contributed by atoms with Crippen LogP contribution in [0.2, 0.25) is 0 Å². The van der Waals surface area contributed by atoms with Gasteiger partial charge in [0.1, 0.15) is 5.82 Å². The van der Waals surface area contributed by atoms with Gasteiger partial charge in [-0.2, -0.15) is 0 Å². The first-order valence-electron chi connectivity index (χ1n) is 7.31. The zero-order valence-corrected chi connectivity index (χ0v) is 13.5. The molecule has 0 atom stereocenters. The van der Waals surface area contributed by atoms with Gasteiger partial charge in [-0.1, -0.05) is 54.2 Å². The number of nitrogens with one attached hydrogen (secondary N) is 1. The smallest absolute Gasteiger partial charge is 0.258 e. The van der Waals surface area contributed by atoms with E-state index in [0.29, 0.717) is 28.9 Å². The van der Waals surface area contributed by atoms with Crippen LogP contribution in [-0.2, 0) is 17.0 Å². The van der Waals surface area contributed by atoms with Crippen LogP contribution in [0.5, 0.6) is 0 Å². The number of H-pyrrole nitrogens is 1. The van der Waals surface area contributed by atoms with Crippen LogP contribution in [-0.4, -0.2) is 15.1 Å². The lowest BCUT2D eigenvalue weighted by atomic mass is 10.0. The van der Waals surface area contributed by atoms with E-state index in [2.05, 4.69) is 22.1 Å². The van der Waals surface area contributed by atoms with E-state index in [0.717, 1.165) is 17.3 Å². The molecule has 0 unspecified atom stereocenters. The summed E-state index contributed by atoms with van der Waals surface area (Å²) in [5.74, 6) is 0.906. The van der Waals surface area contributed by atoms with Gasteiger partial charge < -0.3 is 4.98 Å². The molecule has 0 saturated heterocycles. The Morgan fingerprint density at radius 1 is 1.13 bits per heavy atom. The Morgan fingerprint density at radius 3 is 2.65 bits per heavy atom. The van der Waals surface area contributed by atoms with E-state index < -0.39 is 0 Å². The van der Waals surface area contributed by atoms with Crippen LogP contribution in [0.15, 0.2) is 53.3 Å². The average molecular weight is 324 g/mol. The maximum atomic E-state index is 12.3. The zero-order valence-electron chi connectivity index (χ0n) is 12.7. The lowest BCUT2D eigenvalue weighted by Crippen LogP contribution is -2.12. The summed E-state index contributed by atoms with van der Waals surface area (Å²) in [5, 5.41) is 0.584. The highest BCUT2D eigenvalue weighted by molar-refractivity contribution is 8.12. The Kier molecular flexibility index (Phi) is 4.57. The Morgan fingerprint density at radius 2 is 1.91 bits per heavy atom. The highest BCUT2D eigenvalue weighted by atomic mass is 32.2. The van der Waals surface area contributed by atoms with Crippen LogP contribution in [0.3, 0.4) is 0 Å². The fraction of sp³-hybridized carbons (Fsp3) is 0.167. The monoisotopic (exact) mass is 324 g/mol. The zero-order chi connectivity index (χ0) is 16.2. The fourth-order valence-corrected chi connectivity index (χ4v) is 2.94. The molecular formula is C18H16N2O2S. The second-order valence-corrected chi connectivity index (χ2v) is 6.42. The normalized spacial score (nSPS) is 10.8. The van der Waals surface area contributed by atoms with Crippen LogP contribution >= 0.6 is 11.8 Å². The molecule has 1 heterocycles. The number of para-hydroxylation sites is 1. The van der Waals surface area contributed by atoms with Gasteiger partial charge in [0, 0.05) is 6.92 Å². The summed E-state index contributed by atoms with van der Waals surface area (Å²) in [6.07, 6.45) is 0.716. The molecule has 2 aromatic carbocycles. The second-order valence-electron chi connectivity index (χ2n) is 5.27. The summed E-state index contributed by atoms with van der Waals surface area (Å²) in [4.78, 5) is 30.7. The Balaban J connectivity index is 2.04. The maximum absolute atomic E-state index is 12.3. The minimum Gasteiger partial charge on any atom is -0.309 e. The number of carbonyl (C=O) groups is 1. The highest BCUT2D eigenvalue weighted by Crippen LogP contribution is 2.18. The summed E-state index contributed by atoms with van der Waals surface area (Å²) >= 11 is 1.14. The number of benzene rings is 2. The lowest BCUT2D eigenvalue weighted by Gasteiger charge is -2.07. The molecule has 3 rings (SSSR count). The molecule has 0 aliphatic rings. The summed E-state index contributed by atoms with van der Waals surface area (Å²) in [6, 6.07) is 15.7. The van der Waals surface area contributed by atoms with Gasteiger partial charge in [-0.05, 0) is 23.6 Å². The standard InChI is InChI=1S/C18H16N2O2S/c1-12(21)23-11-16-19-17-14(10-13-6-3-2-4-7-13)8-5-9-15(17)18(22)20-16/h2-9H,10-11H2,1H3,(H,19,20,22). The molecule has 0 radical (unpaired) electrons. The number of hydrogen-bond donors (Lipinski definition) is 1. The Labute approximate surface area is 138 Å². The first-order chi connectivity index (χ1) is 11.1. The van der Waals surface area contributed by atoms with Gasteiger partial charge in [-0.25, -0.2) is 4.98 Å². The molecule has 0 fully saturated rings. The SMILES string of the molecule is CC(=O)SCc1nc2c(Cc3ccccc3)cccc2c(=O)[nH]1. The van der Waals surface area contributed by atoms with Crippen molar-refractivity contribution in [3.63, 3.8) is 0 Å². The number of rotatable bonds is 4. The summed E-state index contributed by atoms with van der Waals surface area (Å²) in [6.45, 7) is 1.50. The topological polar surface area (TPSA) is 62.8 Å². The molecule has 116 valence electrons. The molecular weight excluding hydrogens is 308 g/mol. The number of aromatic amines is 1. The Hall–Kier alpha value is -2.40. The van der Waals surface area contributed by atoms with Crippen molar-refractivity contribution in [3.8, 4) is 0 Å². The molecule has 0 aliphatic heterocycles. The van der Waals surface area contributed by atoms with Gasteiger partial charge in [0.25, 0.3) is 5.56 Å². The predicted octanol–water partition coefficient (Wildman–Crippen LogP) is 3.29. The van der Waals surface area contributed by atoms with Crippen LogP contribution in [0.1, 0.15) is 23.9 Å². The molecule has 0 bridgehead atoms. The minimum absolute atomic E-state index is 0.00492. The molecule has 0 saturated carbocycles. The summed E-state index contributed by atoms with van der Waals surface area (Å²) < 4.78 is 0. The van der Waals surface area contributed by atoms with Crippen molar-refractivity contribution in [1.29, 1.82) is 0 Å². The quantitative estimate of drug-likeness (QED) is 0.800. The van der Waals surface area contributed by atoms with E-state index in [1.807, 2.05) is 30.3 Å². The first kappa shape index (κ1) is 15.5. The molecule has 3 aromatic rings. The van der Waals surface area contributed by atoms with Crippen molar-refractivity contribution in [2.24, 2.45) is 0 Å². The minimum atomic E-state index is -0.163. The third-order valence-corrected chi connectivity index (χ3v) is 4.34. The van der Waals surface area contributed by atoms with Crippen molar-refractivity contribution in [2.75, 3.05) is 0 Å². The fourth-order valence-electron chi connectivity index (χ4n) is 2.46. The third kappa shape index (κ3) is 3.68. The van der Waals surface area contributed by atoms with Gasteiger partial charge in [0.2, 0.25) is 0 Å². The molecule has 0 spiro atoms. The molecule has 23 heavy (non-hydrogen) atoms. The van der Waals surface area contributed by atoms with Crippen LogP contribution in [0, 0.1) is 0 Å². The number of hydrogen-bond acceptors (Lipinski definition) is 4. The van der Waals surface area contributed by atoms with Gasteiger partial charge in [-0.15, -0.1) is 0 Å². The van der Waals surface area contributed by atoms with Crippen molar-refractivity contribution in [1.82, 2.24) is 9.97 Å². The summed E-state index contributed by atoms with van der Waals surface area (Å²) in [7, 11) is 0. The van der Waals surface area contributed by atoms with Crippen LogP contribution < -0.4 is 5.56 Å². The number of aromatic nitrogens is 2. The first-order valence-corrected chi connectivity index (χ1v) is 8.30. The average Bonchev–Trinajstić information content (AvgIpc) is 2.55. The van der Waals surface area contributed by atoms with Gasteiger partial charge in [-0.3, -0.25) is 9.59 Å². The third-order valence-electron chi connectivity index (χ3n) is 3.52. The molecule has 5 heteroatoms. The number of nitrogens with zero attached hydrogens (tertiary/aromatic N) is 1. The second kappa shape index (κ2) is 6.79. The Bertz CT molecular complexity index is 904. The molecule has 0 amide bonds. The van der Waals surface area contributed by atoms with Gasteiger partial charge >= 0.3 is 0 Å². The van der Waals surface area contributed by atoms with Crippen LogP contribution in [0.4, 0.5) is 0 Å². The lowest BCUT2D eigenvalue weighted by molar-refractivity contribution is -0.109. The maximum Gasteiger partial charge on any atom is 0.258 e. The van der Waals surface area contributed by atoms with E-state index in [-0.39, 0.29) is 10.7 Å². The van der Waals surface area contributed by atoms with E-state index in [1.165, 1.54) is 12.5 Å². The summed E-state index contributed by atoms with van der Waals surface area (Å²) in [5.41, 5.74) is 2.72. The van der Waals surface area contributed by atoms with Crippen molar-refractivity contribution < 1.29 is 4.79 Å². The van der Waals surface area contributed by atoms with E-state index >= 15 is 0 Å². The number of thioether (sulfide) groups is 1. The predicted molar refractivity (Wildman–Crippen MR) is 93.6 cm³/mol. The van der Waals surface area contributed by atoms with E-state index in [9.17, 15) is 9.59 Å². The molecule has 1 aromatic heterocycles. The van der Waals surface area contributed by atoms with E-state index in [1.54, 1.807) is 6.07 Å². The van der Waals surface area contributed by atoms with E-state index in [4.69, 9.17) is 0 Å². The number of carbonyl (C=O) groups excluding carboxylic acids is 1. The molecule has 4 nitrogen and oxygen atoms in total. The molecule has 1 N–H and O–H groups in total. The van der Waals surface area contributed by atoms with Gasteiger partial charge in [0.05, 0.1) is 16.7 Å². The van der Waals surface area contributed by atoms with Crippen molar-refractivity contribution in [3.05, 3.63) is 75.8 Å². The van der Waals surface area contributed by atoms with Gasteiger partial charge in [0.15, 0.2) is 5.12 Å². The van der Waals surface area contributed by atoms with Crippen molar-refractivity contribution in [2.45, 2.75) is 19.1 Å². The largest absolute Gasteiger partial charge is 0.309 e. The highest BCUT2D eigenvalue weighted by Gasteiger charge is 2.09.